The molecular formula is C12H25N3O. The molecule has 1 heterocycles. The minimum atomic E-state index is -0.235. The molecule has 1 aliphatic rings. The molecule has 1 rings (SSSR count). The average molecular weight is 227 g/mol. The lowest BCUT2D eigenvalue weighted by molar-refractivity contribution is -0.133. The summed E-state index contributed by atoms with van der Waals surface area (Å²) < 4.78 is 0. The van der Waals surface area contributed by atoms with E-state index in [-0.39, 0.29) is 11.4 Å². The lowest BCUT2D eigenvalue weighted by Crippen LogP contribution is -2.48. The highest BCUT2D eigenvalue weighted by molar-refractivity contribution is 5.76. The summed E-state index contributed by atoms with van der Waals surface area (Å²) in [5.41, 5.74) is 5.64. The Morgan fingerprint density at radius 2 is 1.81 bits per heavy atom. The predicted molar refractivity (Wildman–Crippen MR) is 66.2 cm³/mol. The summed E-state index contributed by atoms with van der Waals surface area (Å²) >= 11 is 0. The van der Waals surface area contributed by atoms with Crippen molar-refractivity contribution in [2.75, 3.05) is 32.7 Å². The van der Waals surface area contributed by atoms with Gasteiger partial charge in [0.05, 0.1) is 0 Å². The molecular weight excluding hydrogens is 202 g/mol. The van der Waals surface area contributed by atoms with Gasteiger partial charge in [0, 0.05) is 38.1 Å². The second-order valence-corrected chi connectivity index (χ2v) is 5.30. The van der Waals surface area contributed by atoms with Gasteiger partial charge in [-0.1, -0.05) is 6.92 Å². The zero-order valence-corrected chi connectivity index (χ0v) is 10.8. The Balaban J connectivity index is 2.28. The summed E-state index contributed by atoms with van der Waals surface area (Å²) in [6, 6.07) is 0. The SMILES string of the molecule is CCN1CCN(C(=O)CCC(C)(C)N)CC1. The van der Waals surface area contributed by atoms with Crippen LogP contribution in [0.1, 0.15) is 33.6 Å². The van der Waals surface area contributed by atoms with Gasteiger partial charge < -0.3 is 15.5 Å². The third kappa shape index (κ3) is 4.49. The first-order valence-electron chi connectivity index (χ1n) is 6.21. The van der Waals surface area contributed by atoms with E-state index in [2.05, 4.69) is 11.8 Å². The van der Waals surface area contributed by atoms with Crippen molar-refractivity contribution in [1.82, 2.24) is 9.80 Å². The molecule has 0 bridgehead atoms. The molecule has 1 saturated heterocycles. The molecule has 0 aromatic rings. The third-order valence-corrected chi connectivity index (χ3v) is 3.16. The van der Waals surface area contributed by atoms with E-state index >= 15 is 0 Å². The van der Waals surface area contributed by atoms with Crippen LogP contribution in [0.25, 0.3) is 0 Å². The number of hydrogen-bond acceptors (Lipinski definition) is 3. The van der Waals surface area contributed by atoms with Crippen LogP contribution in [0.4, 0.5) is 0 Å². The Bertz CT molecular complexity index is 227. The number of nitrogens with zero attached hydrogens (tertiary/aromatic N) is 2. The minimum absolute atomic E-state index is 0.235. The Hall–Kier alpha value is -0.610. The second kappa shape index (κ2) is 5.64. The van der Waals surface area contributed by atoms with Crippen molar-refractivity contribution in [2.24, 2.45) is 5.73 Å². The molecule has 1 amide bonds. The van der Waals surface area contributed by atoms with Crippen LogP contribution in [0, 0.1) is 0 Å². The number of likely N-dealkylation sites (N-methyl/N-ethyl adjacent to an activating group) is 1. The van der Waals surface area contributed by atoms with Gasteiger partial charge in [-0.05, 0) is 26.8 Å². The number of amides is 1. The quantitative estimate of drug-likeness (QED) is 0.768. The topological polar surface area (TPSA) is 49.6 Å². The second-order valence-electron chi connectivity index (χ2n) is 5.30. The molecule has 0 spiro atoms. The first kappa shape index (κ1) is 13.5. The monoisotopic (exact) mass is 227 g/mol. The molecule has 0 unspecified atom stereocenters. The molecule has 1 fully saturated rings. The summed E-state index contributed by atoms with van der Waals surface area (Å²) in [4.78, 5) is 16.2. The van der Waals surface area contributed by atoms with Crippen molar-refractivity contribution < 1.29 is 4.79 Å². The molecule has 0 radical (unpaired) electrons. The van der Waals surface area contributed by atoms with Crippen LogP contribution >= 0.6 is 0 Å². The van der Waals surface area contributed by atoms with Gasteiger partial charge in [0.2, 0.25) is 5.91 Å². The Morgan fingerprint density at radius 1 is 1.25 bits per heavy atom. The molecule has 16 heavy (non-hydrogen) atoms. The van der Waals surface area contributed by atoms with E-state index in [1.165, 1.54) is 0 Å². The minimum Gasteiger partial charge on any atom is -0.340 e. The number of carbonyl (C=O) groups excluding carboxylic acids is 1. The van der Waals surface area contributed by atoms with Gasteiger partial charge in [-0.15, -0.1) is 0 Å². The van der Waals surface area contributed by atoms with Gasteiger partial charge in [0.1, 0.15) is 0 Å². The highest BCUT2D eigenvalue weighted by Gasteiger charge is 2.21. The van der Waals surface area contributed by atoms with Crippen molar-refractivity contribution in [3.8, 4) is 0 Å². The normalized spacial score (nSPS) is 18.9. The fourth-order valence-electron chi connectivity index (χ4n) is 1.90. The van der Waals surface area contributed by atoms with E-state index in [0.717, 1.165) is 39.1 Å². The highest BCUT2D eigenvalue weighted by Crippen LogP contribution is 2.10. The fraction of sp³-hybridized carbons (Fsp3) is 0.917. The lowest BCUT2D eigenvalue weighted by Gasteiger charge is -2.34. The first-order chi connectivity index (χ1) is 7.42. The zero-order valence-electron chi connectivity index (χ0n) is 10.8. The smallest absolute Gasteiger partial charge is 0.222 e. The van der Waals surface area contributed by atoms with Crippen LogP contribution in [-0.2, 0) is 4.79 Å². The lowest BCUT2D eigenvalue weighted by atomic mass is 9.99. The summed E-state index contributed by atoms with van der Waals surface area (Å²) in [6.07, 6.45) is 1.34. The van der Waals surface area contributed by atoms with Gasteiger partial charge in [0.25, 0.3) is 0 Å². The van der Waals surface area contributed by atoms with Gasteiger partial charge in [-0.3, -0.25) is 4.79 Å². The van der Waals surface area contributed by atoms with Crippen LogP contribution in [0.5, 0.6) is 0 Å². The van der Waals surface area contributed by atoms with Gasteiger partial charge in [0.15, 0.2) is 0 Å². The maximum Gasteiger partial charge on any atom is 0.222 e. The molecule has 1 aliphatic heterocycles. The number of carbonyl (C=O) groups is 1. The van der Waals surface area contributed by atoms with E-state index in [1.54, 1.807) is 0 Å². The Labute approximate surface area is 98.8 Å². The number of piperazine rings is 1. The van der Waals surface area contributed by atoms with Gasteiger partial charge >= 0.3 is 0 Å². The largest absolute Gasteiger partial charge is 0.340 e. The van der Waals surface area contributed by atoms with Crippen molar-refractivity contribution in [2.45, 2.75) is 39.2 Å². The average Bonchev–Trinajstić information content (AvgIpc) is 2.25. The molecule has 0 aromatic heterocycles. The predicted octanol–water partition coefficient (Wildman–Crippen LogP) is 0.668. The molecule has 0 aromatic carbocycles. The van der Waals surface area contributed by atoms with E-state index in [1.807, 2.05) is 18.7 Å². The van der Waals surface area contributed by atoms with Crippen LogP contribution in [0.3, 0.4) is 0 Å². The maximum absolute atomic E-state index is 11.9. The van der Waals surface area contributed by atoms with E-state index < -0.39 is 0 Å². The van der Waals surface area contributed by atoms with Crippen LogP contribution in [-0.4, -0.2) is 54.0 Å². The number of hydrogen-bond donors (Lipinski definition) is 1. The Kier molecular flexibility index (Phi) is 4.74. The maximum atomic E-state index is 11.9. The first-order valence-corrected chi connectivity index (χ1v) is 6.21. The van der Waals surface area contributed by atoms with Gasteiger partial charge in [-0.25, -0.2) is 0 Å². The summed E-state index contributed by atoms with van der Waals surface area (Å²) in [5.74, 6) is 0.259. The van der Waals surface area contributed by atoms with Gasteiger partial charge in [-0.2, -0.15) is 0 Å². The van der Waals surface area contributed by atoms with E-state index in [0.29, 0.717) is 6.42 Å². The number of rotatable bonds is 4. The summed E-state index contributed by atoms with van der Waals surface area (Å²) in [5, 5.41) is 0. The van der Waals surface area contributed by atoms with E-state index in [4.69, 9.17) is 5.73 Å². The van der Waals surface area contributed by atoms with Crippen LogP contribution in [0.15, 0.2) is 0 Å². The van der Waals surface area contributed by atoms with Crippen molar-refractivity contribution >= 4 is 5.91 Å². The molecule has 0 atom stereocenters. The zero-order chi connectivity index (χ0) is 12.2. The standard InChI is InChI=1S/C12H25N3O/c1-4-14-7-9-15(10-8-14)11(16)5-6-12(2,3)13/h4-10,13H2,1-3H3. The number of nitrogens with two attached hydrogens (primary N) is 1. The molecule has 94 valence electrons. The van der Waals surface area contributed by atoms with E-state index in [9.17, 15) is 4.79 Å². The summed E-state index contributed by atoms with van der Waals surface area (Å²) in [6.45, 7) is 10.9. The molecule has 2 N–H and O–H groups in total. The van der Waals surface area contributed by atoms with Crippen molar-refractivity contribution in [1.29, 1.82) is 0 Å². The van der Waals surface area contributed by atoms with Crippen LogP contribution < -0.4 is 5.73 Å². The van der Waals surface area contributed by atoms with Crippen molar-refractivity contribution in [3.63, 3.8) is 0 Å². The molecule has 4 nitrogen and oxygen atoms in total. The Morgan fingerprint density at radius 3 is 2.25 bits per heavy atom. The fourth-order valence-corrected chi connectivity index (χ4v) is 1.90. The molecule has 0 saturated carbocycles. The molecule has 4 heteroatoms. The summed E-state index contributed by atoms with van der Waals surface area (Å²) in [7, 11) is 0. The van der Waals surface area contributed by atoms with Crippen LogP contribution in [0.2, 0.25) is 0 Å². The highest BCUT2D eigenvalue weighted by atomic mass is 16.2. The van der Waals surface area contributed by atoms with Crippen molar-refractivity contribution in [3.05, 3.63) is 0 Å². The third-order valence-electron chi connectivity index (χ3n) is 3.16. The molecule has 0 aliphatic carbocycles.